The number of phenolic OH excluding ortho intramolecular Hbond substituents is 1. The molecule has 0 saturated heterocycles. The van der Waals surface area contributed by atoms with Crippen LogP contribution in [0.15, 0.2) is 90.0 Å². The fourth-order valence-electron chi connectivity index (χ4n) is 4.25. The van der Waals surface area contributed by atoms with Crippen LogP contribution < -0.4 is 0 Å². The molecule has 0 saturated carbocycles. The Morgan fingerprint density at radius 2 is 1.07 bits per heavy atom. The Balaban J connectivity index is 2.12. The lowest BCUT2D eigenvalue weighted by atomic mass is 9.64. The summed E-state index contributed by atoms with van der Waals surface area (Å²) in [5.41, 5.74) is 0.470. The molecule has 0 aromatic heterocycles. The standard InChI is InChI=1S/C24H22O3/c1-16-17(2)24(27,19-12-7-4-8-13-19)22-20(14-9-15-21(22)25)23(16,26)18-10-5-3-6-11-18/h3-15,25-27H,1-2H3/t23-,24+/m0/s1. The van der Waals surface area contributed by atoms with Crippen LogP contribution in [0, 0.1) is 0 Å². The van der Waals surface area contributed by atoms with Gasteiger partial charge in [0.05, 0.1) is 0 Å². The molecule has 0 unspecified atom stereocenters. The quantitative estimate of drug-likeness (QED) is 0.601. The summed E-state index contributed by atoms with van der Waals surface area (Å²) >= 11 is 0. The van der Waals surface area contributed by atoms with Gasteiger partial charge in [-0.05, 0) is 42.2 Å². The number of phenols is 1. The summed E-state index contributed by atoms with van der Waals surface area (Å²) in [6.45, 7) is 3.65. The lowest BCUT2D eigenvalue weighted by Gasteiger charge is -2.45. The van der Waals surface area contributed by atoms with Gasteiger partial charge in [0.15, 0.2) is 0 Å². The van der Waals surface area contributed by atoms with Crippen LogP contribution in [0.5, 0.6) is 5.75 Å². The second-order valence-electron chi connectivity index (χ2n) is 7.10. The highest BCUT2D eigenvalue weighted by Crippen LogP contribution is 2.54. The Bertz CT molecular complexity index is 1020. The molecule has 0 spiro atoms. The molecule has 27 heavy (non-hydrogen) atoms. The van der Waals surface area contributed by atoms with Crippen LogP contribution in [0.2, 0.25) is 0 Å². The summed E-state index contributed by atoms with van der Waals surface area (Å²) in [5.74, 6) is -0.0416. The summed E-state index contributed by atoms with van der Waals surface area (Å²) in [4.78, 5) is 0. The summed E-state index contributed by atoms with van der Waals surface area (Å²) in [5, 5.41) is 34.5. The molecule has 0 heterocycles. The summed E-state index contributed by atoms with van der Waals surface area (Å²) < 4.78 is 0. The van der Waals surface area contributed by atoms with Crippen molar-refractivity contribution in [2.45, 2.75) is 25.0 Å². The molecular formula is C24H22O3. The van der Waals surface area contributed by atoms with E-state index >= 15 is 0 Å². The predicted octanol–water partition coefficient (Wildman–Crippen LogP) is 4.21. The molecule has 3 aromatic carbocycles. The first kappa shape index (κ1) is 17.5. The van der Waals surface area contributed by atoms with Crippen molar-refractivity contribution < 1.29 is 15.3 Å². The van der Waals surface area contributed by atoms with E-state index in [4.69, 9.17) is 0 Å². The first-order chi connectivity index (χ1) is 12.9. The number of aliphatic hydroxyl groups is 2. The molecule has 0 fully saturated rings. The van der Waals surface area contributed by atoms with E-state index in [2.05, 4.69) is 0 Å². The first-order valence-electron chi connectivity index (χ1n) is 8.99. The summed E-state index contributed by atoms with van der Waals surface area (Å²) in [7, 11) is 0. The van der Waals surface area contributed by atoms with Crippen LogP contribution in [-0.2, 0) is 11.2 Å². The number of benzene rings is 3. The third-order valence-corrected chi connectivity index (χ3v) is 5.83. The topological polar surface area (TPSA) is 60.7 Å². The van der Waals surface area contributed by atoms with Gasteiger partial charge < -0.3 is 15.3 Å². The third kappa shape index (κ3) is 2.29. The van der Waals surface area contributed by atoms with Crippen LogP contribution in [-0.4, -0.2) is 15.3 Å². The van der Waals surface area contributed by atoms with E-state index in [0.29, 0.717) is 33.4 Å². The molecule has 1 aliphatic rings. The van der Waals surface area contributed by atoms with Gasteiger partial charge in [0.2, 0.25) is 0 Å². The second-order valence-corrected chi connectivity index (χ2v) is 7.10. The van der Waals surface area contributed by atoms with Crippen LogP contribution in [0.4, 0.5) is 0 Å². The number of hydrogen-bond donors (Lipinski definition) is 3. The lowest BCUT2D eigenvalue weighted by molar-refractivity contribution is 0.0684. The minimum Gasteiger partial charge on any atom is -0.508 e. The molecule has 0 amide bonds. The minimum absolute atomic E-state index is 0.0416. The normalized spacial score (nSPS) is 24.6. The maximum absolute atomic E-state index is 11.9. The van der Waals surface area contributed by atoms with E-state index in [1.54, 1.807) is 18.2 Å². The number of aromatic hydroxyl groups is 1. The molecule has 136 valence electrons. The molecular weight excluding hydrogens is 336 g/mol. The fourth-order valence-corrected chi connectivity index (χ4v) is 4.25. The lowest BCUT2D eigenvalue weighted by Crippen LogP contribution is -2.43. The van der Waals surface area contributed by atoms with Crippen molar-refractivity contribution in [1.82, 2.24) is 0 Å². The average molecular weight is 358 g/mol. The molecule has 0 bridgehead atoms. The van der Waals surface area contributed by atoms with Crippen molar-refractivity contribution in [3.05, 3.63) is 112 Å². The van der Waals surface area contributed by atoms with Gasteiger partial charge >= 0.3 is 0 Å². The highest BCUT2D eigenvalue weighted by Gasteiger charge is 2.50. The highest BCUT2D eigenvalue weighted by molar-refractivity contribution is 5.64. The zero-order valence-corrected chi connectivity index (χ0v) is 15.3. The Kier molecular flexibility index (Phi) is 3.95. The van der Waals surface area contributed by atoms with E-state index in [0.717, 1.165) is 0 Å². The number of hydrogen-bond acceptors (Lipinski definition) is 3. The molecule has 3 nitrogen and oxygen atoms in total. The number of fused-ring (bicyclic) bond motifs is 1. The molecule has 0 aliphatic heterocycles. The van der Waals surface area contributed by atoms with E-state index < -0.39 is 11.2 Å². The molecule has 3 N–H and O–H groups in total. The van der Waals surface area contributed by atoms with Gasteiger partial charge in [-0.15, -0.1) is 0 Å². The molecule has 2 atom stereocenters. The van der Waals surface area contributed by atoms with Crippen molar-refractivity contribution in [3.8, 4) is 5.75 Å². The van der Waals surface area contributed by atoms with Gasteiger partial charge in [0.25, 0.3) is 0 Å². The van der Waals surface area contributed by atoms with Crippen LogP contribution in [0.1, 0.15) is 36.1 Å². The molecule has 1 aliphatic carbocycles. The molecule has 3 aromatic rings. The van der Waals surface area contributed by atoms with E-state index in [9.17, 15) is 15.3 Å². The van der Waals surface area contributed by atoms with Crippen LogP contribution >= 0.6 is 0 Å². The van der Waals surface area contributed by atoms with Crippen molar-refractivity contribution in [2.24, 2.45) is 0 Å². The van der Waals surface area contributed by atoms with Gasteiger partial charge in [-0.2, -0.15) is 0 Å². The Morgan fingerprint density at radius 1 is 0.593 bits per heavy atom. The zero-order valence-electron chi connectivity index (χ0n) is 15.3. The van der Waals surface area contributed by atoms with Crippen LogP contribution in [0.25, 0.3) is 0 Å². The summed E-state index contributed by atoms with van der Waals surface area (Å²) in [6, 6.07) is 23.6. The minimum atomic E-state index is -1.52. The van der Waals surface area contributed by atoms with Gasteiger partial charge in [0.1, 0.15) is 17.0 Å². The van der Waals surface area contributed by atoms with Crippen molar-refractivity contribution >= 4 is 0 Å². The highest BCUT2D eigenvalue weighted by atomic mass is 16.3. The maximum atomic E-state index is 11.9. The van der Waals surface area contributed by atoms with E-state index in [-0.39, 0.29) is 5.75 Å². The Morgan fingerprint density at radius 3 is 1.63 bits per heavy atom. The Hall–Kier alpha value is -2.88. The fraction of sp³-hybridized carbons (Fsp3) is 0.167. The van der Waals surface area contributed by atoms with E-state index in [1.165, 1.54) is 0 Å². The SMILES string of the molecule is CC1=C(C)[C@](O)(c2ccccc2)c2cccc(O)c2[C@]1(O)c1ccccc1. The smallest absolute Gasteiger partial charge is 0.140 e. The Labute approximate surface area is 158 Å². The molecule has 0 radical (unpaired) electrons. The first-order valence-corrected chi connectivity index (χ1v) is 8.99. The van der Waals surface area contributed by atoms with Crippen molar-refractivity contribution in [1.29, 1.82) is 0 Å². The van der Waals surface area contributed by atoms with Gasteiger partial charge in [-0.1, -0.05) is 72.8 Å². The van der Waals surface area contributed by atoms with E-state index in [1.807, 2.05) is 74.5 Å². The largest absolute Gasteiger partial charge is 0.508 e. The number of rotatable bonds is 2. The van der Waals surface area contributed by atoms with Crippen molar-refractivity contribution in [2.75, 3.05) is 0 Å². The van der Waals surface area contributed by atoms with Gasteiger partial charge in [-0.3, -0.25) is 0 Å². The predicted molar refractivity (Wildman–Crippen MR) is 105 cm³/mol. The monoisotopic (exact) mass is 358 g/mol. The zero-order chi connectivity index (χ0) is 19.2. The summed E-state index contributed by atoms with van der Waals surface area (Å²) in [6.07, 6.45) is 0. The molecule has 4 rings (SSSR count). The van der Waals surface area contributed by atoms with Gasteiger partial charge in [-0.25, -0.2) is 0 Å². The maximum Gasteiger partial charge on any atom is 0.140 e. The van der Waals surface area contributed by atoms with Crippen LogP contribution in [0.3, 0.4) is 0 Å². The van der Waals surface area contributed by atoms with Crippen molar-refractivity contribution in [3.63, 3.8) is 0 Å². The average Bonchev–Trinajstić information content (AvgIpc) is 2.71. The molecule has 3 heteroatoms. The second kappa shape index (κ2) is 6.08. The third-order valence-electron chi connectivity index (χ3n) is 5.83. The van der Waals surface area contributed by atoms with Gasteiger partial charge in [0, 0.05) is 11.1 Å².